The molecule has 1 aromatic heterocycles. The quantitative estimate of drug-likeness (QED) is 0.854. The van der Waals surface area contributed by atoms with Crippen molar-refractivity contribution in [3.05, 3.63) is 28.9 Å². The minimum Gasteiger partial charge on any atom is -0.309 e. The first-order valence-corrected chi connectivity index (χ1v) is 6.10. The van der Waals surface area contributed by atoms with Gasteiger partial charge in [0.2, 0.25) is 11.9 Å². The molecule has 0 spiro atoms. The first-order chi connectivity index (χ1) is 8.16. The number of rotatable bonds is 2. The van der Waals surface area contributed by atoms with E-state index >= 15 is 0 Å². The second-order valence-corrected chi connectivity index (χ2v) is 4.56. The largest absolute Gasteiger partial charge is 0.309 e. The van der Waals surface area contributed by atoms with E-state index in [4.69, 9.17) is 0 Å². The van der Waals surface area contributed by atoms with Crippen LogP contribution in [0.5, 0.6) is 0 Å². The van der Waals surface area contributed by atoms with Crippen LogP contribution < -0.4 is 5.32 Å². The van der Waals surface area contributed by atoms with Gasteiger partial charge in [0.15, 0.2) is 10.4 Å². The maximum Gasteiger partial charge on any atom is 0.247 e. The van der Waals surface area contributed by atoms with Crippen LogP contribution >= 0.6 is 15.9 Å². The maximum atomic E-state index is 13.1. The third-order valence-corrected chi connectivity index (χ3v) is 3.11. The minimum absolute atomic E-state index is 0.0381. The standard InChI is InChI=1S/C11H11BrFN3O/c12-9-10(13)15-8(6-14-9)16-11(17)7-4-2-1-3-5-7/h1-2,6-7H,3-5H2,(H,15,16,17). The van der Waals surface area contributed by atoms with Crippen LogP contribution in [0, 0.1) is 11.9 Å². The van der Waals surface area contributed by atoms with Crippen molar-refractivity contribution >= 4 is 27.7 Å². The molecule has 1 atom stereocenters. The van der Waals surface area contributed by atoms with E-state index in [1.807, 2.05) is 6.08 Å². The molecule has 0 aromatic carbocycles. The highest BCUT2D eigenvalue weighted by Crippen LogP contribution is 2.20. The summed E-state index contributed by atoms with van der Waals surface area (Å²) in [6.07, 6.45) is 7.81. The van der Waals surface area contributed by atoms with Gasteiger partial charge in [-0.15, -0.1) is 0 Å². The van der Waals surface area contributed by atoms with Gasteiger partial charge in [0.25, 0.3) is 0 Å². The van der Waals surface area contributed by atoms with Gasteiger partial charge >= 0.3 is 0 Å². The molecular formula is C11H11BrFN3O. The Labute approximate surface area is 106 Å². The summed E-state index contributed by atoms with van der Waals surface area (Å²) in [6.45, 7) is 0. The van der Waals surface area contributed by atoms with Crippen LogP contribution in [-0.2, 0) is 4.79 Å². The molecule has 4 nitrogen and oxygen atoms in total. The molecule has 90 valence electrons. The van der Waals surface area contributed by atoms with E-state index in [1.165, 1.54) is 6.20 Å². The number of nitrogens with zero attached hydrogens (tertiary/aromatic N) is 2. The zero-order valence-corrected chi connectivity index (χ0v) is 10.6. The number of carbonyl (C=O) groups excluding carboxylic acids is 1. The van der Waals surface area contributed by atoms with Crippen LogP contribution in [0.2, 0.25) is 0 Å². The second-order valence-electron chi connectivity index (χ2n) is 3.81. The number of halogens is 2. The number of nitrogens with one attached hydrogen (secondary N) is 1. The Kier molecular flexibility index (Phi) is 3.83. The summed E-state index contributed by atoms with van der Waals surface area (Å²) in [5.41, 5.74) is 0. The van der Waals surface area contributed by atoms with E-state index in [-0.39, 0.29) is 22.2 Å². The molecule has 2 rings (SSSR count). The summed E-state index contributed by atoms with van der Waals surface area (Å²) >= 11 is 2.90. The van der Waals surface area contributed by atoms with Gasteiger partial charge in [-0.25, -0.2) is 4.98 Å². The van der Waals surface area contributed by atoms with E-state index in [9.17, 15) is 9.18 Å². The monoisotopic (exact) mass is 299 g/mol. The summed E-state index contributed by atoms with van der Waals surface area (Å²) in [5, 5.41) is 2.57. The van der Waals surface area contributed by atoms with E-state index in [1.54, 1.807) is 0 Å². The highest BCUT2D eigenvalue weighted by Gasteiger charge is 2.19. The minimum atomic E-state index is -0.730. The van der Waals surface area contributed by atoms with Crippen LogP contribution in [0.15, 0.2) is 23.0 Å². The van der Waals surface area contributed by atoms with Crippen molar-refractivity contribution in [2.75, 3.05) is 5.32 Å². The predicted molar refractivity (Wildman–Crippen MR) is 64.8 cm³/mol. The highest BCUT2D eigenvalue weighted by molar-refractivity contribution is 9.10. The van der Waals surface area contributed by atoms with E-state index in [2.05, 4.69) is 37.3 Å². The molecule has 17 heavy (non-hydrogen) atoms. The molecule has 0 radical (unpaired) electrons. The Morgan fingerprint density at radius 2 is 2.35 bits per heavy atom. The normalized spacial score (nSPS) is 19.1. The highest BCUT2D eigenvalue weighted by atomic mass is 79.9. The van der Waals surface area contributed by atoms with Gasteiger partial charge in [-0.2, -0.15) is 9.37 Å². The molecule has 0 saturated carbocycles. The average Bonchev–Trinajstić information content (AvgIpc) is 2.35. The van der Waals surface area contributed by atoms with E-state index < -0.39 is 5.95 Å². The van der Waals surface area contributed by atoms with Gasteiger partial charge in [0.05, 0.1) is 6.20 Å². The van der Waals surface area contributed by atoms with Gasteiger partial charge < -0.3 is 5.32 Å². The second kappa shape index (κ2) is 5.35. The van der Waals surface area contributed by atoms with E-state index in [0.717, 1.165) is 19.3 Å². The van der Waals surface area contributed by atoms with Gasteiger partial charge in [0.1, 0.15) is 0 Å². The van der Waals surface area contributed by atoms with Crippen molar-refractivity contribution in [2.24, 2.45) is 5.92 Å². The van der Waals surface area contributed by atoms with Gasteiger partial charge in [-0.1, -0.05) is 12.2 Å². The molecular weight excluding hydrogens is 289 g/mol. The zero-order chi connectivity index (χ0) is 12.3. The summed E-state index contributed by atoms with van der Waals surface area (Å²) in [5.74, 6) is -0.782. The first kappa shape index (κ1) is 12.2. The van der Waals surface area contributed by atoms with Crippen molar-refractivity contribution in [1.29, 1.82) is 0 Å². The molecule has 1 N–H and O–H groups in total. The number of hydrogen-bond donors (Lipinski definition) is 1. The Morgan fingerprint density at radius 3 is 3.00 bits per heavy atom. The van der Waals surface area contributed by atoms with Gasteiger partial charge in [-0.3, -0.25) is 4.79 Å². The summed E-state index contributed by atoms with van der Waals surface area (Å²) in [6, 6.07) is 0. The Balaban J connectivity index is 2.02. The number of hydrogen-bond acceptors (Lipinski definition) is 3. The third-order valence-electron chi connectivity index (χ3n) is 2.58. The van der Waals surface area contributed by atoms with Gasteiger partial charge in [-0.05, 0) is 35.2 Å². The van der Waals surface area contributed by atoms with Crippen molar-refractivity contribution in [1.82, 2.24) is 9.97 Å². The van der Waals surface area contributed by atoms with Crippen LogP contribution in [0.25, 0.3) is 0 Å². The Morgan fingerprint density at radius 1 is 1.53 bits per heavy atom. The first-order valence-electron chi connectivity index (χ1n) is 5.30. The molecule has 0 saturated heterocycles. The molecule has 1 unspecified atom stereocenters. The summed E-state index contributed by atoms with van der Waals surface area (Å²) < 4.78 is 13.1. The van der Waals surface area contributed by atoms with E-state index in [0.29, 0.717) is 0 Å². The molecule has 1 aromatic rings. The molecule has 0 bridgehead atoms. The van der Waals surface area contributed by atoms with Crippen LogP contribution in [0.1, 0.15) is 19.3 Å². The lowest BCUT2D eigenvalue weighted by molar-refractivity contribution is -0.120. The fourth-order valence-corrected chi connectivity index (χ4v) is 1.86. The van der Waals surface area contributed by atoms with Crippen LogP contribution in [-0.4, -0.2) is 15.9 Å². The molecule has 0 aliphatic heterocycles. The lowest BCUT2D eigenvalue weighted by atomic mass is 9.94. The third kappa shape index (κ3) is 3.09. The number of aromatic nitrogens is 2. The Hall–Kier alpha value is -1.30. The van der Waals surface area contributed by atoms with Crippen molar-refractivity contribution in [2.45, 2.75) is 19.3 Å². The lowest BCUT2D eigenvalue weighted by Crippen LogP contribution is -2.24. The Bertz CT molecular complexity index is 464. The average molecular weight is 300 g/mol. The van der Waals surface area contributed by atoms with Crippen molar-refractivity contribution in [3.63, 3.8) is 0 Å². The van der Waals surface area contributed by atoms with Crippen molar-refractivity contribution in [3.8, 4) is 0 Å². The molecule has 1 aliphatic carbocycles. The topological polar surface area (TPSA) is 54.9 Å². The summed E-state index contributed by atoms with van der Waals surface area (Å²) in [7, 11) is 0. The lowest BCUT2D eigenvalue weighted by Gasteiger charge is -2.16. The maximum absolute atomic E-state index is 13.1. The number of allylic oxidation sites excluding steroid dienone is 2. The smallest absolute Gasteiger partial charge is 0.247 e. The molecule has 6 heteroatoms. The zero-order valence-electron chi connectivity index (χ0n) is 8.99. The molecule has 1 aliphatic rings. The van der Waals surface area contributed by atoms with Crippen molar-refractivity contribution < 1.29 is 9.18 Å². The fourth-order valence-electron chi connectivity index (χ4n) is 1.67. The number of carbonyl (C=O) groups is 1. The molecule has 1 heterocycles. The molecule has 1 amide bonds. The van der Waals surface area contributed by atoms with Crippen LogP contribution in [0.3, 0.4) is 0 Å². The number of anilines is 1. The summed E-state index contributed by atoms with van der Waals surface area (Å²) in [4.78, 5) is 19.1. The molecule has 0 fully saturated rings. The van der Waals surface area contributed by atoms with Gasteiger partial charge in [0, 0.05) is 5.92 Å². The number of amides is 1. The SMILES string of the molecule is O=C(Nc1cnc(Br)c(F)n1)C1CC=CCC1. The van der Waals surface area contributed by atoms with Crippen LogP contribution in [0.4, 0.5) is 10.2 Å². The fraction of sp³-hybridized carbons (Fsp3) is 0.364. The predicted octanol–water partition coefficient (Wildman–Crippen LogP) is 2.67.